The molecule has 0 aromatic heterocycles. The predicted molar refractivity (Wildman–Crippen MR) is 82.7 cm³/mol. The van der Waals surface area contributed by atoms with Gasteiger partial charge in [-0.05, 0) is 24.0 Å². The third-order valence-electron chi connectivity index (χ3n) is 2.97. The normalized spacial score (nSPS) is 12.6. The molecule has 20 heavy (non-hydrogen) atoms. The minimum absolute atomic E-state index is 0.143. The largest absolute Gasteiger partial charge is 0.494 e. The highest BCUT2D eigenvalue weighted by molar-refractivity contribution is 7.90. The SMILES string of the molecule is COc1c(NS(=O)(=O)N(C)C)cc(C)cc1C(C)(C)C. The van der Waals surface area contributed by atoms with Gasteiger partial charge in [0.05, 0.1) is 12.8 Å². The number of benzene rings is 1. The summed E-state index contributed by atoms with van der Waals surface area (Å²) in [5.74, 6) is 0.563. The van der Waals surface area contributed by atoms with E-state index in [0.717, 1.165) is 15.4 Å². The van der Waals surface area contributed by atoms with Crippen LogP contribution in [0.4, 0.5) is 5.69 Å². The number of anilines is 1. The number of aryl methyl sites for hydroxylation is 1. The highest BCUT2D eigenvalue weighted by atomic mass is 32.2. The molecule has 0 aliphatic rings. The maximum absolute atomic E-state index is 12.0. The van der Waals surface area contributed by atoms with Crippen LogP contribution in [0.15, 0.2) is 12.1 Å². The topological polar surface area (TPSA) is 58.6 Å². The van der Waals surface area contributed by atoms with E-state index in [0.29, 0.717) is 11.4 Å². The number of hydrogen-bond donors (Lipinski definition) is 1. The summed E-state index contributed by atoms with van der Waals surface area (Å²) in [6, 6.07) is 3.79. The molecule has 0 aliphatic heterocycles. The van der Waals surface area contributed by atoms with Crippen LogP contribution in [0.2, 0.25) is 0 Å². The molecule has 0 heterocycles. The molecule has 114 valence electrons. The Morgan fingerprint density at radius 3 is 2.15 bits per heavy atom. The molecular formula is C14H24N2O3S. The van der Waals surface area contributed by atoms with E-state index in [4.69, 9.17) is 4.74 Å². The van der Waals surface area contributed by atoms with Crippen molar-refractivity contribution in [2.75, 3.05) is 25.9 Å². The Labute approximate surface area is 122 Å². The van der Waals surface area contributed by atoms with Gasteiger partial charge in [0.15, 0.2) is 0 Å². The Morgan fingerprint density at radius 2 is 1.75 bits per heavy atom. The van der Waals surface area contributed by atoms with Crippen LogP contribution in [0.5, 0.6) is 5.75 Å². The molecule has 1 aromatic carbocycles. The first-order chi connectivity index (χ1) is 8.99. The Balaban J connectivity index is 3.45. The van der Waals surface area contributed by atoms with Gasteiger partial charge in [-0.3, -0.25) is 4.72 Å². The predicted octanol–water partition coefficient (Wildman–Crippen LogP) is 2.52. The van der Waals surface area contributed by atoms with E-state index in [9.17, 15) is 8.42 Å². The van der Waals surface area contributed by atoms with Crippen LogP contribution >= 0.6 is 0 Å². The maximum atomic E-state index is 12.0. The Morgan fingerprint density at radius 1 is 1.20 bits per heavy atom. The molecule has 0 radical (unpaired) electrons. The summed E-state index contributed by atoms with van der Waals surface area (Å²) in [7, 11) is 0.952. The van der Waals surface area contributed by atoms with Gasteiger partial charge >= 0.3 is 10.2 Å². The zero-order valence-electron chi connectivity index (χ0n) is 13.2. The average Bonchev–Trinajstić information content (AvgIpc) is 2.26. The summed E-state index contributed by atoms with van der Waals surface area (Å²) in [6.45, 7) is 8.12. The van der Waals surface area contributed by atoms with E-state index in [1.54, 1.807) is 13.2 Å². The van der Waals surface area contributed by atoms with Crippen molar-refractivity contribution in [3.05, 3.63) is 23.3 Å². The molecule has 0 amide bonds. The third kappa shape index (κ3) is 3.64. The van der Waals surface area contributed by atoms with E-state index in [1.165, 1.54) is 14.1 Å². The van der Waals surface area contributed by atoms with Crippen LogP contribution in [0.25, 0.3) is 0 Å². The van der Waals surface area contributed by atoms with Crippen molar-refractivity contribution in [3.8, 4) is 5.75 Å². The maximum Gasteiger partial charge on any atom is 0.301 e. The van der Waals surface area contributed by atoms with Gasteiger partial charge in [-0.2, -0.15) is 12.7 Å². The van der Waals surface area contributed by atoms with E-state index in [1.807, 2.05) is 13.0 Å². The van der Waals surface area contributed by atoms with Crippen molar-refractivity contribution in [1.82, 2.24) is 4.31 Å². The number of nitrogens with one attached hydrogen (secondary N) is 1. The van der Waals surface area contributed by atoms with Gasteiger partial charge in [-0.1, -0.05) is 26.8 Å². The van der Waals surface area contributed by atoms with Gasteiger partial charge in [-0.15, -0.1) is 0 Å². The smallest absolute Gasteiger partial charge is 0.301 e. The van der Waals surface area contributed by atoms with Crippen LogP contribution in [0.1, 0.15) is 31.9 Å². The third-order valence-corrected chi connectivity index (χ3v) is 4.40. The highest BCUT2D eigenvalue weighted by Gasteiger charge is 2.24. The van der Waals surface area contributed by atoms with Gasteiger partial charge in [0, 0.05) is 19.7 Å². The number of hydrogen-bond acceptors (Lipinski definition) is 3. The van der Waals surface area contributed by atoms with Crippen LogP contribution in [0.3, 0.4) is 0 Å². The molecule has 5 nitrogen and oxygen atoms in total. The fraction of sp³-hybridized carbons (Fsp3) is 0.571. The van der Waals surface area contributed by atoms with Crippen molar-refractivity contribution in [2.45, 2.75) is 33.1 Å². The fourth-order valence-electron chi connectivity index (χ4n) is 1.86. The highest BCUT2D eigenvalue weighted by Crippen LogP contribution is 2.38. The van der Waals surface area contributed by atoms with Crippen molar-refractivity contribution < 1.29 is 13.2 Å². The number of rotatable bonds is 4. The molecule has 0 fully saturated rings. The summed E-state index contributed by atoms with van der Waals surface area (Å²) in [4.78, 5) is 0. The average molecular weight is 300 g/mol. The quantitative estimate of drug-likeness (QED) is 0.929. The van der Waals surface area contributed by atoms with Crippen molar-refractivity contribution in [1.29, 1.82) is 0 Å². The molecule has 0 atom stereocenters. The fourth-order valence-corrected chi connectivity index (χ4v) is 2.47. The molecule has 0 saturated heterocycles. The first kappa shape index (κ1) is 16.8. The molecule has 1 rings (SSSR count). The lowest BCUT2D eigenvalue weighted by atomic mass is 9.85. The molecule has 0 bridgehead atoms. The minimum atomic E-state index is -3.56. The van der Waals surface area contributed by atoms with Gasteiger partial charge in [0.1, 0.15) is 5.75 Å². The van der Waals surface area contributed by atoms with E-state index in [-0.39, 0.29) is 5.41 Å². The van der Waals surface area contributed by atoms with Crippen LogP contribution in [0, 0.1) is 6.92 Å². The Hall–Kier alpha value is -1.27. The zero-order valence-corrected chi connectivity index (χ0v) is 14.1. The Bertz CT molecular complexity index is 587. The lowest BCUT2D eigenvalue weighted by Crippen LogP contribution is -2.29. The lowest BCUT2D eigenvalue weighted by molar-refractivity contribution is 0.399. The summed E-state index contributed by atoms with van der Waals surface area (Å²) < 4.78 is 33.1. The van der Waals surface area contributed by atoms with E-state index >= 15 is 0 Å². The summed E-state index contributed by atoms with van der Waals surface area (Å²) in [5, 5.41) is 0. The molecule has 1 N–H and O–H groups in total. The molecule has 6 heteroatoms. The van der Waals surface area contributed by atoms with Crippen LogP contribution < -0.4 is 9.46 Å². The van der Waals surface area contributed by atoms with Crippen molar-refractivity contribution >= 4 is 15.9 Å². The molecule has 1 aromatic rings. The van der Waals surface area contributed by atoms with Gasteiger partial charge in [-0.25, -0.2) is 0 Å². The summed E-state index contributed by atoms with van der Waals surface area (Å²) in [5.41, 5.74) is 2.27. The van der Waals surface area contributed by atoms with Gasteiger partial charge in [0.2, 0.25) is 0 Å². The zero-order chi connectivity index (χ0) is 15.7. The number of methoxy groups -OCH3 is 1. The minimum Gasteiger partial charge on any atom is -0.494 e. The standard InChI is InChI=1S/C14H24N2O3S/c1-10-8-11(14(2,3)4)13(19-7)12(9-10)15-20(17,18)16(5)6/h8-9,15H,1-7H3. The Kier molecular flexibility index (Phi) is 4.71. The van der Waals surface area contributed by atoms with Crippen LogP contribution in [-0.4, -0.2) is 33.9 Å². The van der Waals surface area contributed by atoms with E-state index in [2.05, 4.69) is 25.5 Å². The van der Waals surface area contributed by atoms with Crippen molar-refractivity contribution in [3.63, 3.8) is 0 Å². The van der Waals surface area contributed by atoms with Gasteiger partial charge in [0.25, 0.3) is 0 Å². The first-order valence-electron chi connectivity index (χ1n) is 6.38. The monoisotopic (exact) mass is 300 g/mol. The molecule has 0 spiro atoms. The van der Waals surface area contributed by atoms with Crippen LogP contribution in [-0.2, 0) is 15.6 Å². The second kappa shape index (κ2) is 5.61. The second-order valence-electron chi connectivity index (χ2n) is 6.03. The molecule has 0 saturated carbocycles. The number of ether oxygens (including phenoxy) is 1. The first-order valence-corrected chi connectivity index (χ1v) is 7.82. The molecular weight excluding hydrogens is 276 g/mol. The van der Waals surface area contributed by atoms with Crippen molar-refractivity contribution in [2.24, 2.45) is 0 Å². The van der Waals surface area contributed by atoms with Gasteiger partial charge < -0.3 is 4.74 Å². The second-order valence-corrected chi connectivity index (χ2v) is 7.92. The van der Waals surface area contributed by atoms with E-state index < -0.39 is 10.2 Å². The molecule has 0 aliphatic carbocycles. The summed E-state index contributed by atoms with van der Waals surface area (Å²) >= 11 is 0. The number of nitrogens with zero attached hydrogens (tertiary/aromatic N) is 1. The molecule has 0 unspecified atom stereocenters. The summed E-state index contributed by atoms with van der Waals surface area (Å²) in [6.07, 6.45) is 0. The lowest BCUT2D eigenvalue weighted by Gasteiger charge is -2.25.